The molecule has 1 atom stereocenters. The number of thioether (sulfide) groups is 1. The second-order valence-corrected chi connectivity index (χ2v) is 7.10. The fourth-order valence-electron chi connectivity index (χ4n) is 2.55. The molecule has 2 heterocycles. The first-order valence-electron chi connectivity index (χ1n) is 6.30. The minimum atomic E-state index is -0.736. The lowest BCUT2D eigenvalue weighted by atomic mass is 10.1. The molecule has 1 aliphatic carbocycles. The van der Waals surface area contributed by atoms with Gasteiger partial charge in [-0.25, -0.2) is 4.98 Å². The normalized spacial score (nSPS) is 23.9. The molecule has 1 unspecified atom stereocenters. The summed E-state index contributed by atoms with van der Waals surface area (Å²) >= 11 is 3.65. The number of thiazole rings is 1. The lowest BCUT2D eigenvalue weighted by Crippen LogP contribution is -2.24. The Bertz CT molecular complexity index is 455. The molecule has 2 aliphatic rings. The first-order valence-corrected chi connectivity index (χ1v) is 8.28. The SMILES string of the molecule is O=C(O)C1CCc2sc(NC3CCSCC3)nc21. The van der Waals surface area contributed by atoms with E-state index in [-0.39, 0.29) is 5.92 Å². The third kappa shape index (κ3) is 2.36. The van der Waals surface area contributed by atoms with E-state index < -0.39 is 5.97 Å². The highest BCUT2D eigenvalue weighted by atomic mass is 32.2. The summed E-state index contributed by atoms with van der Waals surface area (Å²) in [5, 5.41) is 13.5. The zero-order valence-electron chi connectivity index (χ0n) is 10.0. The summed E-state index contributed by atoms with van der Waals surface area (Å²) < 4.78 is 0. The van der Waals surface area contributed by atoms with Crippen molar-refractivity contribution >= 4 is 34.2 Å². The number of carboxylic acid groups (broad SMARTS) is 1. The van der Waals surface area contributed by atoms with Crippen molar-refractivity contribution < 1.29 is 9.90 Å². The topological polar surface area (TPSA) is 62.2 Å². The smallest absolute Gasteiger partial charge is 0.312 e. The Morgan fingerprint density at radius 1 is 1.33 bits per heavy atom. The lowest BCUT2D eigenvalue weighted by molar-refractivity contribution is -0.138. The monoisotopic (exact) mass is 284 g/mol. The van der Waals surface area contributed by atoms with Crippen LogP contribution in [0.15, 0.2) is 0 Å². The maximum atomic E-state index is 11.1. The summed E-state index contributed by atoms with van der Waals surface area (Å²) in [5.74, 6) is 1.30. The Labute approximate surface area is 114 Å². The van der Waals surface area contributed by atoms with Gasteiger partial charge in [-0.3, -0.25) is 4.79 Å². The van der Waals surface area contributed by atoms with E-state index in [4.69, 9.17) is 5.11 Å². The molecule has 0 radical (unpaired) electrons. The molecule has 1 aromatic heterocycles. The van der Waals surface area contributed by atoms with E-state index in [0.29, 0.717) is 12.5 Å². The van der Waals surface area contributed by atoms with Gasteiger partial charge < -0.3 is 10.4 Å². The van der Waals surface area contributed by atoms with Crippen LogP contribution in [0.25, 0.3) is 0 Å². The van der Waals surface area contributed by atoms with Crippen molar-refractivity contribution in [1.82, 2.24) is 4.98 Å². The molecule has 18 heavy (non-hydrogen) atoms. The van der Waals surface area contributed by atoms with Crippen LogP contribution in [0.4, 0.5) is 5.13 Å². The highest BCUT2D eigenvalue weighted by Gasteiger charge is 2.32. The minimum absolute atomic E-state index is 0.381. The lowest BCUT2D eigenvalue weighted by Gasteiger charge is -2.22. The highest BCUT2D eigenvalue weighted by molar-refractivity contribution is 7.99. The van der Waals surface area contributed by atoms with Crippen molar-refractivity contribution in [3.63, 3.8) is 0 Å². The van der Waals surface area contributed by atoms with E-state index >= 15 is 0 Å². The average molecular weight is 284 g/mol. The van der Waals surface area contributed by atoms with E-state index in [1.54, 1.807) is 11.3 Å². The number of hydrogen-bond donors (Lipinski definition) is 2. The molecule has 3 rings (SSSR count). The number of fused-ring (bicyclic) bond motifs is 1. The molecule has 0 amide bonds. The van der Waals surface area contributed by atoms with Crippen molar-refractivity contribution in [2.24, 2.45) is 0 Å². The van der Waals surface area contributed by atoms with E-state index in [9.17, 15) is 4.79 Å². The van der Waals surface area contributed by atoms with Crippen LogP contribution in [0, 0.1) is 0 Å². The summed E-state index contributed by atoms with van der Waals surface area (Å²) in [4.78, 5) is 16.8. The molecule has 2 N–H and O–H groups in total. The van der Waals surface area contributed by atoms with Gasteiger partial charge in [0.05, 0.1) is 5.69 Å². The molecule has 1 fully saturated rings. The minimum Gasteiger partial charge on any atom is -0.481 e. The van der Waals surface area contributed by atoms with Gasteiger partial charge in [0.15, 0.2) is 5.13 Å². The summed E-state index contributed by atoms with van der Waals surface area (Å²) in [5.41, 5.74) is 0.806. The summed E-state index contributed by atoms with van der Waals surface area (Å²) in [6.07, 6.45) is 3.94. The number of aliphatic carboxylic acids is 1. The summed E-state index contributed by atoms with van der Waals surface area (Å²) in [6.45, 7) is 0. The van der Waals surface area contributed by atoms with Crippen molar-refractivity contribution in [1.29, 1.82) is 0 Å². The fraction of sp³-hybridized carbons (Fsp3) is 0.667. The molecule has 0 saturated carbocycles. The number of aromatic nitrogens is 1. The van der Waals surface area contributed by atoms with Gasteiger partial charge in [0, 0.05) is 10.9 Å². The summed E-state index contributed by atoms with van der Waals surface area (Å²) in [6, 6.07) is 0.515. The zero-order valence-corrected chi connectivity index (χ0v) is 11.6. The first kappa shape index (κ1) is 12.3. The number of rotatable bonds is 3. The standard InChI is InChI=1S/C12H16N2O2S2/c15-11(16)8-1-2-9-10(8)14-12(18-9)13-7-3-5-17-6-4-7/h7-8H,1-6H2,(H,13,14)(H,15,16). The van der Waals surface area contributed by atoms with Crippen molar-refractivity contribution in [2.45, 2.75) is 37.6 Å². The number of nitrogens with zero attached hydrogens (tertiary/aromatic N) is 1. The third-order valence-electron chi connectivity index (χ3n) is 3.56. The zero-order chi connectivity index (χ0) is 12.5. The van der Waals surface area contributed by atoms with Crippen molar-refractivity contribution in [3.8, 4) is 0 Å². The molecule has 6 heteroatoms. The largest absolute Gasteiger partial charge is 0.481 e. The Kier molecular flexibility index (Phi) is 3.48. The number of carboxylic acids is 1. The molecular formula is C12H16N2O2S2. The van der Waals surface area contributed by atoms with Crippen LogP contribution in [-0.4, -0.2) is 33.6 Å². The predicted octanol–water partition coefficient (Wildman–Crippen LogP) is 2.57. The van der Waals surface area contributed by atoms with E-state index in [0.717, 1.165) is 22.1 Å². The quantitative estimate of drug-likeness (QED) is 0.893. The van der Waals surface area contributed by atoms with Gasteiger partial charge in [-0.15, -0.1) is 11.3 Å². The molecule has 0 spiro atoms. The Morgan fingerprint density at radius 2 is 2.11 bits per heavy atom. The molecule has 4 nitrogen and oxygen atoms in total. The van der Waals surface area contributed by atoms with Crippen LogP contribution in [0.3, 0.4) is 0 Å². The van der Waals surface area contributed by atoms with Crippen LogP contribution in [0.1, 0.15) is 35.8 Å². The third-order valence-corrected chi connectivity index (χ3v) is 5.68. The molecule has 98 valence electrons. The fourth-order valence-corrected chi connectivity index (χ4v) is 4.77. The summed E-state index contributed by atoms with van der Waals surface area (Å²) in [7, 11) is 0. The number of carbonyl (C=O) groups is 1. The molecule has 1 aliphatic heterocycles. The Balaban J connectivity index is 1.71. The number of aryl methyl sites for hydroxylation is 1. The number of anilines is 1. The second-order valence-electron chi connectivity index (χ2n) is 4.79. The van der Waals surface area contributed by atoms with Crippen molar-refractivity contribution in [2.75, 3.05) is 16.8 Å². The maximum Gasteiger partial charge on any atom is 0.312 e. The second kappa shape index (κ2) is 5.09. The van der Waals surface area contributed by atoms with Crippen molar-refractivity contribution in [3.05, 3.63) is 10.6 Å². The molecule has 1 saturated heterocycles. The van der Waals surface area contributed by atoms with E-state index in [2.05, 4.69) is 10.3 Å². The highest BCUT2D eigenvalue weighted by Crippen LogP contribution is 2.38. The van der Waals surface area contributed by atoms with Gasteiger partial charge in [0.25, 0.3) is 0 Å². The molecule has 0 bridgehead atoms. The average Bonchev–Trinajstić information content (AvgIpc) is 2.89. The molecular weight excluding hydrogens is 268 g/mol. The van der Waals surface area contributed by atoms with Gasteiger partial charge in [0.1, 0.15) is 5.92 Å². The first-order chi connectivity index (χ1) is 8.74. The van der Waals surface area contributed by atoms with Crippen LogP contribution in [-0.2, 0) is 11.2 Å². The van der Waals surface area contributed by atoms with Crippen LogP contribution in [0.5, 0.6) is 0 Å². The van der Waals surface area contributed by atoms with Crippen LogP contribution in [0.2, 0.25) is 0 Å². The number of hydrogen-bond acceptors (Lipinski definition) is 5. The Morgan fingerprint density at radius 3 is 2.83 bits per heavy atom. The predicted molar refractivity (Wildman–Crippen MR) is 74.8 cm³/mol. The Hall–Kier alpha value is -0.750. The van der Waals surface area contributed by atoms with Gasteiger partial charge in [-0.2, -0.15) is 11.8 Å². The van der Waals surface area contributed by atoms with Gasteiger partial charge in [-0.1, -0.05) is 0 Å². The van der Waals surface area contributed by atoms with Gasteiger partial charge >= 0.3 is 5.97 Å². The molecule has 1 aromatic rings. The van der Waals surface area contributed by atoms with Crippen LogP contribution >= 0.6 is 23.1 Å². The number of nitrogens with one attached hydrogen (secondary N) is 1. The maximum absolute atomic E-state index is 11.1. The molecule has 0 aromatic carbocycles. The van der Waals surface area contributed by atoms with E-state index in [1.165, 1.54) is 24.3 Å². The van der Waals surface area contributed by atoms with Crippen LogP contribution < -0.4 is 5.32 Å². The van der Waals surface area contributed by atoms with Gasteiger partial charge in [0.2, 0.25) is 0 Å². The van der Waals surface area contributed by atoms with Gasteiger partial charge in [-0.05, 0) is 37.2 Å². The van der Waals surface area contributed by atoms with E-state index in [1.807, 2.05) is 11.8 Å².